The van der Waals surface area contributed by atoms with E-state index in [0.717, 1.165) is 6.07 Å². The van der Waals surface area contributed by atoms with Crippen molar-refractivity contribution in [1.29, 1.82) is 0 Å². The number of rotatable bonds is 1. The van der Waals surface area contributed by atoms with Gasteiger partial charge in [0.1, 0.15) is 11.9 Å². The van der Waals surface area contributed by atoms with Crippen molar-refractivity contribution in [2.75, 3.05) is 0 Å². The van der Waals surface area contributed by atoms with Gasteiger partial charge in [-0.1, -0.05) is 5.92 Å². The summed E-state index contributed by atoms with van der Waals surface area (Å²) in [5, 5.41) is 2.19. The number of aromatic nitrogens is 2. The molecule has 1 aliphatic heterocycles. The predicted octanol–water partition coefficient (Wildman–Crippen LogP) is 0.438. The van der Waals surface area contributed by atoms with Gasteiger partial charge in [-0.15, -0.1) is 6.42 Å². The Morgan fingerprint density at radius 3 is 2.68 bits per heavy atom. The molecule has 7 heteroatoms. The van der Waals surface area contributed by atoms with Gasteiger partial charge in [-0.25, -0.2) is 9.18 Å². The molecule has 0 spiro atoms. The van der Waals surface area contributed by atoms with Crippen molar-refractivity contribution in [1.82, 2.24) is 14.5 Å². The van der Waals surface area contributed by atoms with E-state index in [2.05, 4.69) is 11.2 Å². The van der Waals surface area contributed by atoms with Crippen LogP contribution in [-0.2, 0) is 16.6 Å². The number of halogens is 1. The number of piperidine rings is 1. The molecule has 112 valence electrons. The molecule has 0 saturated carbocycles. The van der Waals surface area contributed by atoms with Crippen LogP contribution in [0.2, 0.25) is 0 Å². The van der Waals surface area contributed by atoms with Gasteiger partial charge in [0.25, 0.3) is 0 Å². The Labute approximate surface area is 124 Å². The van der Waals surface area contributed by atoms with Crippen LogP contribution in [0, 0.1) is 18.2 Å². The highest BCUT2D eigenvalue weighted by molar-refractivity contribution is 6.00. The minimum atomic E-state index is -0.843. The Bertz CT molecular complexity index is 917. The first-order valence-electron chi connectivity index (χ1n) is 6.65. The van der Waals surface area contributed by atoms with Gasteiger partial charge in [0.05, 0.1) is 16.6 Å². The summed E-state index contributed by atoms with van der Waals surface area (Å²) in [6.07, 6.45) is 5.56. The standard InChI is InChI=1S/C15H12FN3O3/c1-3-8-6-11-12(7-9(8)16)19(15(22)18(11)2)10-4-5-13(20)17-14(10)21/h1,6-7,10H,4-5H2,2H3,(H,17,20,21). The van der Waals surface area contributed by atoms with Crippen LogP contribution in [0.4, 0.5) is 4.39 Å². The number of terminal acetylenes is 1. The van der Waals surface area contributed by atoms with Crippen molar-refractivity contribution in [3.63, 3.8) is 0 Å². The maximum Gasteiger partial charge on any atom is 0.329 e. The van der Waals surface area contributed by atoms with E-state index in [1.807, 2.05) is 0 Å². The highest BCUT2D eigenvalue weighted by Gasteiger charge is 2.31. The Morgan fingerprint density at radius 1 is 1.32 bits per heavy atom. The molecule has 1 unspecified atom stereocenters. The molecular formula is C15H12FN3O3. The van der Waals surface area contributed by atoms with E-state index in [4.69, 9.17) is 6.42 Å². The quantitative estimate of drug-likeness (QED) is 0.613. The van der Waals surface area contributed by atoms with Crippen LogP contribution in [0.25, 0.3) is 11.0 Å². The van der Waals surface area contributed by atoms with Crippen LogP contribution in [0.5, 0.6) is 0 Å². The molecule has 22 heavy (non-hydrogen) atoms. The van der Waals surface area contributed by atoms with E-state index in [0.29, 0.717) is 5.52 Å². The normalized spacial score (nSPS) is 18.3. The zero-order chi connectivity index (χ0) is 16.0. The van der Waals surface area contributed by atoms with Crippen molar-refractivity contribution in [3.8, 4) is 12.3 Å². The molecule has 1 aromatic carbocycles. The Kier molecular flexibility index (Phi) is 3.10. The number of hydrogen-bond acceptors (Lipinski definition) is 3. The van der Waals surface area contributed by atoms with Gasteiger partial charge >= 0.3 is 5.69 Å². The summed E-state index contributed by atoms with van der Waals surface area (Å²) < 4.78 is 16.5. The second kappa shape index (κ2) is 4.84. The molecule has 6 nitrogen and oxygen atoms in total. The third-order valence-corrected chi connectivity index (χ3v) is 3.86. The van der Waals surface area contributed by atoms with E-state index in [-0.39, 0.29) is 29.8 Å². The fourth-order valence-corrected chi connectivity index (χ4v) is 2.72. The minimum absolute atomic E-state index is 0.0449. The molecule has 0 bridgehead atoms. The molecule has 2 heterocycles. The van der Waals surface area contributed by atoms with Crippen LogP contribution < -0.4 is 11.0 Å². The highest BCUT2D eigenvalue weighted by atomic mass is 19.1. The van der Waals surface area contributed by atoms with Gasteiger partial charge in [-0.3, -0.25) is 24.0 Å². The summed E-state index contributed by atoms with van der Waals surface area (Å²) in [6, 6.07) is 1.70. The fourth-order valence-electron chi connectivity index (χ4n) is 2.72. The Hall–Kier alpha value is -2.88. The van der Waals surface area contributed by atoms with E-state index in [1.54, 1.807) is 0 Å². The number of nitrogens with zero attached hydrogens (tertiary/aromatic N) is 2. The number of benzene rings is 1. The molecule has 0 aliphatic carbocycles. The molecule has 1 aromatic heterocycles. The van der Waals surface area contributed by atoms with Crippen LogP contribution in [-0.4, -0.2) is 20.9 Å². The Balaban J connectivity index is 2.27. The fraction of sp³-hybridized carbons (Fsp3) is 0.267. The first-order valence-corrected chi connectivity index (χ1v) is 6.65. The van der Waals surface area contributed by atoms with Crippen LogP contribution in [0.15, 0.2) is 16.9 Å². The smallest absolute Gasteiger partial charge is 0.295 e. The van der Waals surface area contributed by atoms with E-state index in [9.17, 15) is 18.8 Å². The number of imidazole rings is 1. The van der Waals surface area contributed by atoms with Crippen LogP contribution in [0.3, 0.4) is 0 Å². The lowest BCUT2D eigenvalue weighted by Crippen LogP contribution is -2.44. The second-order valence-electron chi connectivity index (χ2n) is 5.14. The van der Waals surface area contributed by atoms with Crippen LogP contribution in [0.1, 0.15) is 24.4 Å². The van der Waals surface area contributed by atoms with E-state index >= 15 is 0 Å². The number of fused-ring (bicyclic) bond motifs is 1. The van der Waals surface area contributed by atoms with Gasteiger partial charge in [-0.05, 0) is 12.5 Å². The molecule has 1 saturated heterocycles. The number of nitrogens with one attached hydrogen (secondary N) is 1. The average molecular weight is 301 g/mol. The monoisotopic (exact) mass is 301 g/mol. The highest BCUT2D eigenvalue weighted by Crippen LogP contribution is 2.24. The van der Waals surface area contributed by atoms with Crippen molar-refractivity contribution < 1.29 is 14.0 Å². The molecule has 1 atom stereocenters. The summed E-state index contributed by atoms with van der Waals surface area (Å²) in [7, 11) is 1.52. The van der Waals surface area contributed by atoms with Gasteiger partial charge in [-0.2, -0.15) is 0 Å². The number of hydrogen-bond donors (Lipinski definition) is 1. The molecule has 2 amide bonds. The second-order valence-corrected chi connectivity index (χ2v) is 5.14. The maximum absolute atomic E-state index is 13.9. The first-order chi connectivity index (χ1) is 10.4. The van der Waals surface area contributed by atoms with E-state index in [1.165, 1.54) is 22.2 Å². The molecule has 1 aliphatic rings. The third-order valence-electron chi connectivity index (χ3n) is 3.86. The predicted molar refractivity (Wildman–Crippen MR) is 76.5 cm³/mol. The van der Waals surface area contributed by atoms with Crippen molar-refractivity contribution in [3.05, 3.63) is 34.0 Å². The lowest BCUT2D eigenvalue weighted by atomic mass is 10.1. The molecule has 3 rings (SSSR count). The molecule has 1 N–H and O–H groups in total. The number of carbonyl (C=O) groups is 2. The number of amides is 2. The van der Waals surface area contributed by atoms with Gasteiger partial charge in [0, 0.05) is 19.5 Å². The maximum atomic E-state index is 13.9. The average Bonchev–Trinajstić information content (AvgIpc) is 2.70. The van der Waals surface area contributed by atoms with Crippen LogP contribution >= 0.6 is 0 Å². The lowest BCUT2D eigenvalue weighted by Gasteiger charge is -2.21. The Morgan fingerprint density at radius 2 is 2.05 bits per heavy atom. The summed E-state index contributed by atoms with van der Waals surface area (Å²) in [5.41, 5.74) is 0.296. The van der Waals surface area contributed by atoms with Gasteiger partial charge in [0.2, 0.25) is 11.8 Å². The number of imide groups is 1. The molecular weight excluding hydrogens is 289 g/mol. The lowest BCUT2D eigenvalue weighted by molar-refractivity contribution is -0.135. The number of carbonyl (C=O) groups excluding carboxylic acids is 2. The molecule has 2 aromatic rings. The number of aryl methyl sites for hydroxylation is 1. The van der Waals surface area contributed by atoms with Crippen molar-refractivity contribution in [2.45, 2.75) is 18.9 Å². The van der Waals surface area contributed by atoms with E-state index < -0.39 is 23.5 Å². The summed E-state index contributed by atoms with van der Waals surface area (Å²) in [6.45, 7) is 0. The van der Waals surface area contributed by atoms with Gasteiger partial charge in [0.15, 0.2) is 0 Å². The largest absolute Gasteiger partial charge is 0.329 e. The third kappa shape index (κ3) is 1.92. The topological polar surface area (TPSA) is 73.1 Å². The summed E-state index contributed by atoms with van der Waals surface area (Å²) >= 11 is 0. The minimum Gasteiger partial charge on any atom is -0.295 e. The van der Waals surface area contributed by atoms with Crippen molar-refractivity contribution in [2.24, 2.45) is 7.05 Å². The van der Waals surface area contributed by atoms with Gasteiger partial charge < -0.3 is 0 Å². The molecule has 0 radical (unpaired) electrons. The zero-order valence-electron chi connectivity index (χ0n) is 11.7. The first kappa shape index (κ1) is 14.1. The van der Waals surface area contributed by atoms with Crippen molar-refractivity contribution >= 4 is 22.8 Å². The zero-order valence-corrected chi connectivity index (χ0v) is 11.7. The summed E-state index contributed by atoms with van der Waals surface area (Å²) in [5.74, 6) is 0.634. The summed E-state index contributed by atoms with van der Waals surface area (Å²) in [4.78, 5) is 35.6. The molecule has 1 fully saturated rings. The SMILES string of the molecule is C#Cc1cc2c(cc1F)n(C1CCC(=O)NC1=O)c(=O)n2C.